The van der Waals surface area contributed by atoms with E-state index in [2.05, 4.69) is 18.7 Å². The summed E-state index contributed by atoms with van der Waals surface area (Å²) in [5, 5.41) is 0. The average molecular weight is 307 g/mol. The van der Waals surface area contributed by atoms with Gasteiger partial charge in [-0.15, -0.1) is 0 Å². The standard InChI is InChI=1S/C19H33NO2/c1-18(2)10-15-6-7-19(18,11-15)12-17-21-14-16(22-17)13-20-8-4-3-5-9-20/h15-17H,3-14H2,1-2H3/t15-,16-,17+,19+/m0/s1. The lowest BCUT2D eigenvalue weighted by molar-refractivity contribution is -0.105. The van der Waals surface area contributed by atoms with Gasteiger partial charge in [-0.2, -0.15) is 0 Å². The molecule has 0 aromatic heterocycles. The molecule has 126 valence electrons. The molecule has 0 aromatic rings. The first-order valence-electron chi connectivity index (χ1n) is 9.56. The second-order valence-corrected chi connectivity index (χ2v) is 9.06. The number of likely N-dealkylation sites (tertiary alicyclic amines) is 1. The average Bonchev–Trinajstić information content (AvgIpc) is 3.14. The molecule has 2 bridgehead atoms. The van der Waals surface area contributed by atoms with Crippen molar-refractivity contribution in [1.29, 1.82) is 0 Å². The Hall–Kier alpha value is -0.120. The van der Waals surface area contributed by atoms with Gasteiger partial charge in [0.2, 0.25) is 0 Å². The molecule has 2 aliphatic carbocycles. The van der Waals surface area contributed by atoms with E-state index in [0.717, 1.165) is 25.5 Å². The zero-order valence-electron chi connectivity index (χ0n) is 14.5. The molecule has 0 aromatic carbocycles. The Morgan fingerprint density at radius 1 is 1.09 bits per heavy atom. The highest BCUT2D eigenvalue weighted by Gasteiger charge is 2.57. The molecular formula is C19H33NO2. The number of nitrogens with zero attached hydrogens (tertiary/aromatic N) is 1. The van der Waals surface area contributed by atoms with Gasteiger partial charge in [0.25, 0.3) is 0 Å². The largest absolute Gasteiger partial charge is 0.350 e. The molecule has 0 spiro atoms. The first-order chi connectivity index (χ1) is 10.6. The van der Waals surface area contributed by atoms with E-state index in [1.165, 1.54) is 58.0 Å². The molecule has 0 amide bonds. The van der Waals surface area contributed by atoms with Crippen molar-refractivity contribution in [2.24, 2.45) is 16.7 Å². The molecule has 4 rings (SSSR count). The number of piperidine rings is 1. The second kappa shape index (κ2) is 5.75. The van der Waals surface area contributed by atoms with E-state index in [-0.39, 0.29) is 6.29 Å². The molecule has 3 nitrogen and oxygen atoms in total. The van der Waals surface area contributed by atoms with Crippen LogP contribution in [0.15, 0.2) is 0 Å². The summed E-state index contributed by atoms with van der Waals surface area (Å²) in [5.74, 6) is 0.973. The van der Waals surface area contributed by atoms with E-state index in [1.807, 2.05) is 0 Å². The van der Waals surface area contributed by atoms with Crippen molar-refractivity contribution in [3.05, 3.63) is 0 Å². The lowest BCUT2D eigenvalue weighted by Gasteiger charge is -2.43. The molecule has 0 unspecified atom stereocenters. The molecule has 4 fully saturated rings. The molecular weight excluding hydrogens is 274 g/mol. The van der Waals surface area contributed by atoms with Crippen LogP contribution < -0.4 is 0 Å². The third-order valence-corrected chi connectivity index (χ3v) is 7.23. The van der Waals surface area contributed by atoms with Crippen molar-refractivity contribution in [3.63, 3.8) is 0 Å². The summed E-state index contributed by atoms with van der Waals surface area (Å²) >= 11 is 0. The predicted molar refractivity (Wildman–Crippen MR) is 87.7 cm³/mol. The van der Waals surface area contributed by atoms with Gasteiger partial charge in [0, 0.05) is 13.0 Å². The third-order valence-electron chi connectivity index (χ3n) is 7.23. The number of hydrogen-bond donors (Lipinski definition) is 0. The Balaban J connectivity index is 1.31. The second-order valence-electron chi connectivity index (χ2n) is 9.06. The van der Waals surface area contributed by atoms with Gasteiger partial charge < -0.3 is 14.4 Å². The van der Waals surface area contributed by atoms with Crippen molar-refractivity contribution < 1.29 is 9.47 Å². The predicted octanol–water partition coefficient (Wildman–Crippen LogP) is 3.82. The Labute approximate surface area is 135 Å². The van der Waals surface area contributed by atoms with Crippen LogP contribution in [0.4, 0.5) is 0 Å². The minimum atomic E-state index is 0.0610. The SMILES string of the molecule is CC1(C)C[C@@H]2CC[C@]1(C[C@@H]1OC[C@H](CN3CCCCC3)O1)C2. The van der Waals surface area contributed by atoms with Gasteiger partial charge in [0.1, 0.15) is 0 Å². The van der Waals surface area contributed by atoms with Crippen LogP contribution in [0, 0.1) is 16.7 Å². The number of hydrogen-bond acceptors (Lipinski definition) is 3. The maximum Gasteiger partial charge on any atom is 0.158 e. The zero-order valence-corrected chi connectivity index (χ0v) is 14.5. The highest BCUT2D eigenvalue weighted by molar-refractivity contribution is 5.06. The van der Waals surface area contributed by atoms with Gasteiger partial charge in [-0.3, -0.25) is 0 Å². The normalized spacial score (nSPS) is 44.7. The van der Waals surface area contributed by atoms with Crippen LogP contribution in [-0.2, 0) is 9.47 Å². The summed E-state index contributed by atoms with van der Waals surface area (Å²) < 4.78 is 12.4. The van der Waals surface area contributed by atoms with E-state index in [1.54, 1.807) is 0 Å². The van der Waals surface area contributed by atoms with E-state index in [9.17, 15) is 0 Å². The lowest BCUT2D eigenvalue weighted by atomic mass is 9.63. The maximum atomic E-state index is 6.30. The fourth-order valence-corrected chi connectivity index (χ4v) is 5.89. The van der Waals surface area contributed by atoms with Crippen molar-refractivity contribution in [2.75, 3.05) is 26.2 Å². The highest BCUT2D eigenvalue weighted by Crippen LogP contribution is 2.66. The smallest absolute Gasteiger partial charge is 0.158 e. The number of rotatable bonds is 4. The topological polar surface area (TPSA) is 21.7 Å². The zero-order chi connectivity index (χ0) is 15.2. The lowest BCUT2D eigenvalue weighted by Crippen LogP contribution is -2.38. The fraction of sp³-hybridized carbons (Fsp3) is 1.00. The Morgan fingerprint density at radius 3 is 2.59 bits per heavy atom. The molecule has 2 heterocycles. The van der Waals surface area contributed by atoms with E-state index in [4.69, 9.17) is 9.47 Å². The highest BCUT2D eigenvalue weighted by atomic mass is 16.7. The molecule has 22 heavy (non-hydrogen) atoms. The van der Waals surface area contributed by atoms with Crippen LogP contribution in [0.2, 0.25) is 0 Å². The summed E-state index contributed by atoms with van der Waals surface area (Å²) in [7, 11) is 0. The van der Waals surface area contributed by atoms with Crippen molar-refractivity contribution in [3.8, 4) is 0 Å². The Morgan fingerprint density at radius 2 is 1.91 bits per heavy atom. The molecule has 2 saturated heterocycles. The van der Waals surface area contributed by atoms with Gasteiger partial charge in [0.05, 0.1) is 12.7 Å². The van der Waals surface area contributed by atoms with E-state index in [0.29, 0.717) is 16.9 Å². The van der Waals surface area contributed by atoms with Gasteiger partial charge in [-0.05, 0) is 68.4 Å². The van der Waals surface area contributed by atoms with E-state index < -0.39 is 0 Å². The van der Waals surface area contributed by atoms with Gasteiger partial charge in [-0.1, -0.05) is 20.3 Å². The first-order valence-corrected chi connectivity index (χ1v) is 9.56. The van der Waals surface area contributed by atoms with Gasteiger partial charge >= 0.3 is 0 Å². The summed E-state index contributed by atoms with van der Waals surface area (Å²) in [5.41, 5.74) is 0.968. The van der Waals surface area contributed by atoms with Crippen LogP contribution in [0.1, 0.15) is 65.2 Å². The number of fused-ring (bicyclic) bond motifs is 2. The Kier molecular flexibility index (Phi) is 4.03. The molecule has 4 aliphatic rings. The number of ether oxygens (including phenoxy) is 2. The van der Waals surface area contributed by atoms with E-state index >= 15 is 0 Å². The van der Waals surface area contributed by atoms with Crippen molar-refractivity contribution in [2.45, 2.75) is 77.6 Å². The van der Waals surface area contributed by atoms with Crippen molar-refractivity contribution in [1.82, 2.24) is 4.90 Å². The first kappa shape index (κ1) is 15.4. The van der Waals surface area contributed by atoms with Crippen LogP contribution in [0.3, 0.4) is 0 Å². The van der Waals surface area contributed by atoms with Gasteiger partial charge in [-0.25, -0.2) is 0 Å². The summed E-state index contributed by atoms with van der Waals surface area (Å²) in [6.45, 7) is 9.35. The molecule has 3 heteroatoms. The molecule has 0 radical (unpaired) electrons. The molecule has 0 N–H and O–H groups in total. The quantitative estimate of drug-likeness (QED) is 0.788. The maximum absolute atomic E-state index is 6.30. The van der Waals surface area contributed by atoms with Crippen molar-refractivity contribution >= 4 is 0 Å². The Bertz CT molecular complexity index is 404. The third kappa shape index (κ3) is 2.74. The minimum Gasteiger partial charge on any atom is -0.350 e. The van der Waals surface area contributed by atoms with Crippen LogP contribution in [0.25, 0.3) is 0 Å². The van der Waals surface area contributed by atoms with Crippen LogP contribution >= 0.6 is 0 Å². The molecule has 2 aliphatic heterocycles. The minimum absolute atomic E-state index is 0.0610. The fourth-order valence-electron chi connectivity index (χ4n) is 5.89. The van der Waals surface area contributed by atoms with Crippen LogP contribution in [-0.4, -0.2) is 43.5 Å². The molecule has 2 saturated carbocycles. The summed E-state index contributed by atoms with van der Waals surface area (Å²) in [6, 6.07) is 0. The summed E-state index contributed by atoms with van der Waals surface area (Å²) in [4.78, 5) is 2.57. The molecule has 4 atom stereocenters. The van der Waals surface area contributed by atoms with Gasteiger partial charge in [0.15, 0.2) is 6.29 Å². The van der Waals surface area contributed by atoms with Crippen LogP contribution in [0.5, 0.6) is 0 Å². The monoisotopic (exact) mass is 307 g/mol. The summed E-state index contributed by atoms with van der Waals surface area (Å²) in [6.07, 6.45) is 11.3.